The van der Waals surface area contributed by atoms with Crippen molar-refractivity contribution in [2.45, 2.75) is 39.2 Å². The van der Waals surface area contributed by atoms with E-state index in [9.17, 15) is 0 Å². The fraction of sp³-hybridized carbons (Fsp3) is 1.00. The molecule has 1 atom stereocenters. The maximum atomic E-state index is 5.01. The van der Waals surface area contributed by atoms with Crippen LogP contribution in [0, 0.1) is 5.92 Å². The molecule has 2 heteroatoms. The Morgan fingerprint density at radius 2 is 2.00 bits per heavy atom. The van der Waals surface area contributed by atoms with E-state index in [1.165, 1.54) is 12.8 Å². The Balaban J connectivity index is 3.39. The molecule has 0 saturated carbocycles. The first-order chi connectivity index (χ1) is 5.70. The van der Waals surface area contributed by atoms with E-state index < -0.39 is 0 Å². The van der Waals surface area contributed by atoms with Crippen molar-refractivity contribution in [3.05, 3.63) is 0 Å². The monoisotopic (exact) mass is 173 g/mol. The second kappa shape index (κ2) is 7.56. The first-order valence-electron chi connectivity index (χ1n) is 4.87. The molecule has 0 saturated heterocycles. The van der Waals surface area contributed by atoms with Crippen LogP contribution in [-0.4, -0.2) is 26.8 Å². The lowest BCUT2D eigenvalue weighted by molar-refractivity contribution is 0.187. The van der Waals surface area contributed by atoms with Crippen molar-refractivity contribution in [3.63, 3.8) is 0 Å². The predicted octanol–water partition coefficient (Wildman–Crippen LogP) is 2.05. The van der Waals surface area contributed by atoms with Crippen molar-refractivity contribution in [3.8, 4) is 0 Å². The van der Waals surface area contributed by atoms with Gasteiger partial charge in [0, 0.05) is 19.8 Å². The van der Waals surface area contributed by atoms with Crippen LogP contribution >= 0.6 is 0 Å². The van der Waals surface area contributed by atoms with Gasteiger partial charge in [-0.1, -0.05) is 13.8 Å². The van der Waals surface area contributed by atoms with Crippen molar-refractivity contribution < 1.29 is 4.74 Å². The highest BCUT2D eigenvalue weighted by molar-refractivity contribution is 4.65. The highest BCUT2D eigenvalue weighted by atomic mass is 16.5. The molecule has 74 valence electrons. The smallest absolute Gasteiger partial charge is 0.0462 e. The summed E-state index contributed by atoms with van der Waals surface area (Å²) in [5.74, 6) is 0.782. The molecule has 0 heterocycles. The van der Waals surface area contributed by atoms with Crippen LogP contribution in [-0.2, 0) is 4.74 Å². The van der Waals surface area contributed by atoms with Gasteiger partial charge in [-0.3, -0.25) is 0 Å². The Hall–Kier alpha value is -0.0800. The van der Waals surface area contributed by atoms with E-state index in [-0.39, 0.29) is 0 Å². The van der Waals surface area contributed by atoms with Crippen LogP contribution in [0.4, 0.5) is 0 Å². The van der Waals surface area contributed by atoms with Crippen molar-refractivity contribution in [2.75, 3.05) is 20.8 Å². The van der Waals surface area contributed by atoms with Crippen LogP contribution in [0.5, 0.6) is 0 Å². The molecule has 1 unspecified atom stereocenters. The van der Waals surface area contributed by atoms with Gasteiger partial charge in [0.15, 0.2) is 0 Å². The number of rotatable bonds is 7. The maximum Gasteiger partial charge on any atom is 0.0462 e. The normalized spacial score (nSPS) is 13.8. The number of hydrogen-bond acceptors (Lipinski definition) is 2. The highest BCUT2D eigenvalue weighted by Crippen LogP contribution is 2.09. The van der Waals surface area contributed by atoms with E-state index in [0.29, 0.717) is 6.04 Å². The standard InChI is InChI=1S/C10H23NO/c1-9(2)8-10(11-3)6-5-7-12-4/h9-11H,5-8H2,1-4H3. The predicted molar refractivity (Wildman–Crippen MR) is 53.4 cm³/mol. The lowest BCUT2D eigenvalue weighted by atomic mass is 10.0. The van der Waals surface area contributed by atoms with Gasteiger partial charge in [-0.15, -0.1) is 0 Å². The summed E-state index contributed by atoms with van der Waals surface area (Å²) in [4.78, 5) is 0. The van der Waals surface area contributed by atoms with Crippen molar-refractivity contribution in [1.29, 1.82) is 0 Å². The first-order valence-corrected chi connectivity index (χ1v) is 4.87. The molecular weight excluding hydrogens is 150 g/mol. The molecule has 0 spiro atoms. The molecule has 0 amide bonds. The third-order valence-corrected chi connectivity index (χ3v) is 2.07. The molecule has 1 N–H and O–H groups in total. The number of ether oxygens (including phenoxy) is 1. The molecular formula is C10H23NO. The molecule has 0 rings (SSSR count). The minimum Gasteiger partial charge on any atom is -0.385 e. The lowest BCUT2D eigenvalue weighted by Gasteiger charge is -2.17. The van der Waals surface area contributed by atoms with Gasteiger partial charge >= 0.3 is 0 Å². The minimum atomic E-state index is 0.667. The Kier molecular flexibility index (Phi) is 7.51. The van der Waals surface area contributed by atoms with E-state index in [4.69, 9.17) is 4.74 Å². The summed E-state index contributed by atoms with van der Waals surface area (Å²) in [6.07, 6.45) is 3.65. The molecule has 0 aromatic heterocycles. The van der Waals surface area contributed by atoms with Crippen LogP contribution in [0.25, 0.3) is 0 Å². The number of nitrogens with one attached hydrogen (secondary N) is 1. The summed E-state index contributed by atoms with van der Waals surface area (Å²) in [5.41, 5.74) is 0. The van der Waals surface area contributed by atoms with E-state index in [1.54, 1.807) is 7.11 Å². The Labute approximate surface area is 76.7 Å². The molecule has 12 heavy (non-hydrogen) atoms. The molecule has 0 aromatic carbocycles. The summed E-state index contributed by atoms with van der Waals surface area (Å²) in [6, 6.07) is 0.667. The van der Waals surface area contributed by atoms with Crippen LogP contribution < -0.4 is 5.32 Å². The maximum absolute atomic E-state index is 5.01. The minimum absolute atomic E-state index is 0.667. The lowest BCUT2D eigenvalue weighted by Crippen LogP contribution is -2.27. The summed E-state index contributed by atoms with van der Waals surface area (Å²) >= 11 is 0. The third-order valence-electron chi connectivity index (χ3n) is 2.07. The second-order valence-corrected chi connectivity index (χ2v) is 3.75. The molecule has 0 aliphatic heterocycles. The molecule has 0 aliphatic rings. The topological polar surface area (TPSA) is 21.3 Å². The molecule has 0 fully saturated rings. The Morgan fingerprint density at radius 1 is 1.33 bits per heavy atom. The van der Waals surface area contributed by atoms with E-state index >= 15 is 0 Å². The summed E-state index contributed by atoms with van der Waals surface area (Å²) in [7, 11) is 3.80. The van der Waals surface area contributed by atoms with Gasteiger partial charge in [-0.2, -0.15) is 0 Å². The number of methoxy groups -OCH3 is 1. The van der Waals surface area contributed by atoms with Crippen molar-refractivity contribution >= 4 is 0 Å². The second-order valence-electron chi connectivity index (χ2n) is 3.75. The van der Waals surface area contributed by atoms with Gasteiger partial charge in [-0.25, -0.2) is 0 Å². The van der Waals surface area contributed by atoms with Gasteiger partial charge in [-0.05, 0) is 32.2 Å². The summed E-state index contributed by atoms with van der Waals surface area (Å²) < 4.78 is 5.01. The van der Waals surface area contributed by atoms with Gasteiger partial charge in [0.25, 0.3) is 0 Å². The summed E-state index contributed by atoms with van der Waals surface area (Å²) in [5, 5.41) is 3.34. The Bertz CT molecular complexity index is 93.8. The molecule has 0 radical (unpaired) electrons. The van der Waals surface area contributed by atoms with E-state index in [1.807, 2.05) is 7.05 Å². The third kappa shape index (κ3) is 6.62. The van der Waals surface area contributed by atoms with Crippen molar-refractivity contribution in [2.24, 2.45) is 5.92 Å². The van der Waals surface area contributed by atoms with Crippen molar-refractivity contribution in [1.82, 2.24) is 5.32 Å². The SMILES string of the molecule is CNC(CCCOC)CC(C)C. The zero-order chi connectivity index (χ0) is 9.40. The zero-order valence-electron chi connectivity index (χ0n) is 8.89. The largest absolute Gasteiger partial charge is 0.385 e. The van der Waals surface area contributed by atoms with E-state index in [0.717, 1.165) is 18.9 Å². The highest BCUT2D eigenvalue weighted by Gasteiger charge is 2.07. The zero-order valence-corrected chi connectivity index (χ0v) is 8.89. The molecule has 0 aliphatic carbocycles. The average molecular weight is 173 g/mol. The van der Waals surface area contributed by atoms with Crippen LogP contribution in [0.1, 0.15) is 33.1 Å². The fourth-order valence-electron chi connectivity index (χ4n) is 1.42. The first kappa shape index (κ1) is 11.9. The van der Waals surface area contributed by atoms with Gasteiger partial charge in [0.05, 0.1) is 0 Å². The Morgan fingerprint density at radius 3 is 2.42 bits per heavy atom. The molecule has 2 nitrogen and oxygen atoms in total. The van der Waals surface area contributed by atoms with E-state index in [2.05, 4.69) is 19.2 Å². The van der Waals surface area contributed by atoms with Gasteiger partial charge in [0.1, 0.15) is 0 Å². The molecule has 0 bridgehead atoms. The van der Waals surface area contributed by atoms with Crippen LogP contribution in [0.15, 0.2) is 0 Å². The summed E-state index contributed by atoms with van der Waals surface area (Å²) in [6.45, 7) is 5.41. The quantitative estimate of drug-likeness (QED) is 0.595. The van der Waals surface area contributed by atoms with Crippen LogP contribution in [0.3, 0.4) is 0 Å². The molecule has 0 aromatic rings. The number of hydrogen-bond donors (Lipinski definition) is 1. The van der Waals surface area contributed by atoms with Gasteiger partial charge < -0.3 is 10.1 Å². The fourth-order valence-corrected chi connectivity index (χ4v) is 1.42. The van der Waals surface area contributed by atoms with Crippen LogP contribution in [0.2, 0.25) is 0 Å². The van der Waals surface area contributed by atoms with Gasteiger partial charge in [0.2, 0.25) is 0 Å². The average Bonchev–Trinajstić information content (AvgIpc) is 2.02.